The second-order valence-electron chi connectivity index (χ2n) is 9.28. The molecule has 12 heteroatoms. The van der Waals surface area contributed by atoms with Gasteiger partial charge in [-0.25, -0.2) is 14.4 Å². The van der Waals surface area contributed by atoms with Crippen molar-refractivity contribution in [2.45, 2.75) is 44.6 Å². The molecular formula is C26H35ClFN5O5. The molecule has 1 aliphatic heterocycles. The Morgan fingerprint density at radius 3 is 2.53 bits per heavy atom. The molecule has 3 rings (SSSR count). The number of benzene rings is 1. The summed E-state index contributed by atoms with van der Waals surface area (Å²) >= 11 is 5.85. The first-order valence-electron chi connectivity index (χ1n) is 12.8. The predicted octanol–water partition coefficient (Wildman–Crippen LogP) is 1.86. The van der Waals surface area contributed by atoms with Gasteiger partial charge in [0.25, 0.3) is 0 Å². The van der Waals surface area contributed by atoms with Gasteiger partial charge in [0, 0.05) is 32.1 Å². The molecule has 0 bridgehead atoms. The Morgan fingerprint density at radius 1 is 1.16 bits per heavy atom. The maximum Gasteiger partial charge on any atom is 0.225 e. The number of nitrogens with zero attached hydrogens (tertiary/aromatic N) is 3. The normalized spacial score (nSPS) is 14.0. The van der Waals surface area contributed by atoms with E-state index in [0.717, 1.165) is 38.8 Å². The Morgan fingerprint density at radius 2 is 1.87 bits per heavy atom. The van der Waals surface area contributed by atoms with Crippen molar-refractivity contribution in [3.63, 3.8) is 0 Å². The number of carbonyl (C=O) groups excluding carboxylic acids is 2. The van der Waals surface area contributed by atoms with E-state index in [1.165, 1.54) is 12.1 Å². The topological polar surface area (TPSA) is 137 Å². The highest BCUT2D eigenvalue weighted by molar-refractivity contribution is 6.30. The number of anilines is 1. The summed E-state index contributed by atoms with van der Waals surface area (Å²) in [5.41, 5.74) is 0.233. The molecule has 0 atom stereocenters. The van der Waals surface area contributed by atoms with Gasteiger partial charge in [0.15, 0.2) is 0 Å². The number of aromatic nitrogens is 2. The zero-order valence-electron chi connectivity index (χ0n) is 21.2. The van der Waals surface area contributed by atoms with Gasteiger partial charge in [-0.2, -0.15) is 0 Å². The van der Waals surface area contributed by atoms with Crippen molar-refractivity contribution in [1.29, 1.82) is 0 Å². The quantitative estimate of drug-likeness (QED) is 0.261. The maximum absolute atomic E-state index is 14.5. The third kappa shape index (κ3) is 9.70. The molecule has 0 aliphatic carbocycles. The van der Waals surface area contributed by atoms with Crippen LogP contribution in [-0.2, 0) is 16.0 Å². The molecule has 0 radical (unpaired) electrons. The maximum atomic E-state index is 14.5. The molecule has 2 amide bonds. The van der Waals surface area contributed by atoms with Crippen molar-refractivity contribution < 1.29 is 28.9 Å². The first kappa shape index (κ1) is 29.5. The van der Waals surface area contributed by atoms with Crippen LogP contribution in [0, 0.1) is 11.7 Å². The fraction of sp³-hybridized carbons (Fsp3) is 0.538. The zero-order chi connectivity index (χ0) is 27.3. The van der Waals surface area contributed by atoms with Crippen LogP contribution in [0.1, 0.15) is 37.7 Å². The van der Waals surface area contributed by atoms with Crippen LogP contribution in [0.5, 0.6) is 5.75 Å². The van der Waals surface area contributed by atoms with E-state index in [-0.39, 0.29) is 38.2 Å². The van der Waals surface area contributed by atoms with E-state index in [4.69, 9.17) is 26.6 Å². The molecule has 38 heavy (non-hydrogen) atoms. The summed E-state index contributed by atoms with van der Waals surface area (Å²) in [4.78, 5) is 34.5. The lowest BCUT2D eigenvalue weighted by Crippen LogP contribution is -2.41. The number of piperidine rings is 1. The number of halogens is 2. The first-order valence-corrected chi connectivity index (χ1v) is 13.2. The molecular weight excluding hydrogens is 517 g/mol. The Bertz CT molecular complexity index is 1030. The predicted molar refractivity (Wildman–Crippen MR) is 141 cm³/mol. The number of ether oxygens (including phenoxy) is 1. The summed E-state index contributed by atoms with van der Waals surface area (Å²) in [7, 11) is 0. The third-order valence-electron chi connectivity index (χ3n) is 6.39. The van der Waals surface area contributed by atoms with E-state index in [1.807, 2.05) is 0 Å². The van der Waals surface area contributed by atoms with Gasteiger partial charge in [0.1, 0.15) is 11.6 Å². The van der Waals surface area contributed by atoms with Crippen LogP contribution in [0.15, 0.2) is 30.6 Å². The summed E-state index contributed by atoms with van der Waals surface area (Å²) < 4.78 is 20.2. The molecule has 1 fully saturated rings. The lowest BCUT2D eigenvalue weighted by molar-refractivity contribution is -0.123. The number of aliphatic hydroxyl groups excluding tert-OH is 2. The Balaban J connectivity index is 1.31. The molecule has 1 aromatic carbocycles. The molecule has 1 aliphatic rings. The van der Waals surface area contributed by atoms with Crippen LogP contribution in [0.25, 0.3) is 0 Å². The molecule has 10 nitrogen and oxygen atoms in total. The Kier molecular flexibility index (Phi) is 12.0. The van der Waals surface area contributed by atoms with Crippen molar-refractivity contribution in [1.82, 2.24) is 20.6 Å². The number of hydrogen-bond donors (Lipinski definition) is 4. The minimum absolute atomic E-state index is 0.0205. The zero-order valence-corrected chi connectivity index (χ0v) is 22.0. The average Bonchev–Trinajstić information content (AvgIpc) is 2.92. The number of carbonyl (C=O) groups is 2. The van der Waals surface area contributed by atoms with Crippen molar-refractivity contribution in [2.75, 3.05) is 44.4 Å². The largest absolute Gasteiger partial charge is 0.493 e. The van der Waals surface area contributed by atoms with E-state index in [0.29, 0.717) is 29.2 Å². The molecule has 1 saturated heterocycles. The Labute approximate surface area is 226 Å². The monoisotopic (exact) mass is 551 g/mol. The van der Waals surface area contributed by atoms with Crippen LogP contribution in [-0.4, -0.2) is 77.5 Å². The van der Waals surface area contributed by atoms with E-state index in [9.17, 15) is 14.0 Å². The highest BCUT2D eigenvalue weighted by Crippen LogP contribution is 2.25. The van der Waals surface area contributed by atoms with Gasteiger partial charge >= 0.3 is 0 Å². The summed E-state index contributed by atoms with van der Waals surface area (Å²) in [6, 6.07) is 3.72. The smallest absolute Gasteiger partial charge is 0.225 e. The van der Waals surface area contributed by atoms with Crippen molar-refractivity contribution in [3.8, 4) is 5.75 Å². The van der Waals surface area contributed by atoms with Gasteiger partial charge in [0.2, 0.25) is 17.8 Å². The lowest BCUT2D eigenvalue weighted by atomic mass is 9.92. The van der Waals surface area contributed by atoms with Gasteiger partial charge in [-0.15, -0.1) is 0 Å². The summed E-state index contributed by atoms with van der Waals surface area (Å²) in [6.07, 6.45) is 7.01. The molecule has 1 aromatic heterocycles. The van der Waals surface area contributed by atoms with Gasteiger partial charge < -0.3 is 30.5 Å². The molecule has 208 valence electrons. The van der Waals surface area contributed by atoms with E-state index >= 15 is 0 Å². The summed E-state index contributed by atoms with van der Waals surface area (Å²) in [5, 5.41) is 23.4. The van der Waals surface area contributed by atoms with Crippen LogP contribution >= 0.6 is 11.6 Å². The summed E-state index contributed by atoms with van der Waals surface area (Å²) in [6.45, 7) is 1.58. The lowest BCUT2D eigenvalue weighted by Gasteiger charge is -2.31. The van der Waals surface area contributed by atoms with E-state index in [2.05, 4.69) is 25.5 Å². The number of hydrogen-bond acceptors (Lipinski definition) is 8. The molecule has 0 spiro atoms. The number of amides is 2. The number of rotatable bonds is 14. The SMILES string of the molecule is O=C(Cc1ccc(OCCCC2CCN(c3ncc(Cl)cn3)CC2)cc1F)NCCC(=O)NC(CO)CO. The van der Waals surface area contributed by atoms with Crippen molar-refractivity contribution in [2.24, 2.45) is 5.92 Å². The standard InChI is InChI=1S/C26H35ClFN5O5/c27-20-14-30-26(31-15-20)33-9-6-18(7-10-33)2-1-11-38-22-4-3-19(23(28)13-22)12-25(37)29-8-5-24(36)32-21(16-34)17-35/h3-4,13-15,18,21,34-35H,1-2,5-12,16-17H2,(H,29,37)(H,32,36). The highest BCUT2D eigenvalue weighted by Gasteiger charge is 2.20. The molecule has 0 unspecified atom stereocenters. The first-order chi connectivity index (χ1) is 18.4. The minimum Gasteiger partial charge on any atom is -0.493 e. The fourth-order valence-corrected chi connectivity index (χ4v) is 4.31. The average molecular weight is 552 g/mol. The van der Waals surface area contributed by atoms with Crippen LogP contribution in [0.3, 0.4) is 0 Å². The van der Waals surface area contributed by atoms with Gasteiger partial charge in [-0.3, -0.25) is 9.59 Å². The molecule has 2 aromatic rings. The Hall–Kier alpha value is -3.02. The fourth-order valence-electron chi connectivity index (χ4n) is 4.21. The van der Waals surface area contributed by atoms with Crippen molar-refractivity contribution >= 4 is 29.4 Å². The summed E-state index contributed by atoms with van der Waals surface area (Å²) in [5.74, 6) is 0.361. The van der Waals surface area contributed by atoms with E-state index < -0.39 is 23.7 Å². The second-order valence-corrected chi connectivity index (χ2v) is 9.72. The minimum atomic E-state index is -0.734. The van der Waals surface area contributed by atoms with Gasteiger partial charge in [-0.05, 0) is 43.2 Å². The van der Waals surface area contributed by atoms with E-state index in [1.54, 1.807) is 18.5 Å². The van der Waals surface area contributed by atoms with Crippen LogP contribution in [0.2, 0.25) is 5.02 Å². The second kappa shape index (κ2) is 15.4. The van der Waals surface area contributed by atoms with Crippen molar-refractivity contribution in [3.05, 3.63) is 47.0 Å². The third-order valence-corrected chi connectivity index (χ3v) is 6.58. The molecule has 2 heterocycles. The number of aliphatic hydroxyl groups is 2. The highest BCUT2D eigenvalue weighted by atomic mass is 35.5. The molecule has 0 saturated carbocycles. The van der Waals surface area contributed by atoms with Crippen LogP contribution < -0.4 is 20.3 Å². The van der Waals surface area contributed by atoms with Gasteiger partial charge in [0.05, 0.1) is 49.7 Å². The number of nitrogens with one attached hydrogen (secondary N) is 2. The van der Waals surface area contributed by atoms with Gasteiger partial charge in [-0.1, -0.05) is 17.7 Å². The van der Waals surface area contributed by atoms with Crippen LogP contribution in [0.4, 0.5) is 10.3 Å². The molecule has 4 N–H and O–H groups in total.